The Hall–Kier alpha value is -2.50. The van der Waals surface area contributed by atoms with E-state index >= 15 is 0 Å². The van der Waals surface area contributed by atoms with Crippen molar-refractivity contribution in [3.05, 3.63) is 61.7 Å². The quantitative estimate of drug-likeness (QED) is 0.489. The van der Waals surface area contributed by atoms with Gasteiger partial charge in [-0.3, -0.25) is 10.1 Å². The third-order valence-corrected chi connectivity index (χ3v) is 5.08. The first-order valence-corrected chi connectivity index (χ1v) is 8.01. The second-order valence-electron chi connectivity index (χ2n) is 3.93. The van der Waals surface area contributed by atoms with E-state index in [2.05, 4.69) is 0 Å². The number of hydrogen-bond donors (Lipinski definition) is 0. The summed E-state index contributed by atoms with van der Waals surface area (Å²) in [6.45, 7) is 0. The van der Waals surface area contributed by atoms with Crippen LogP contribution in [0.5, 0.6) is 0 Å². The molecule has 2 aromatic rings. The first kappa shape index (κ1) is 14.9. The highest BCUT2D eigenvalue weighted by atomic mass is 32.2. The van der Waals surface area contributed by atoms with Gasteiger partial charge >= 0.3 is 0 Å². The molecule has 0 N–H and O–H groups in total. The molecular weight excluding hydrogens is 312 g/mol. The van der Waals surface area contributed by atoms with Crippen molar-refractivity contribution in [1.29, 1.82) is 5.26 Å². The number of benzene rings is 1. The normalized spacial score (nSPS) is 11.9. The Kier molecular flexibility index (Phi) is 4.16. The minimum atomic E-state index is -3.90. The van der Waals surface area contributed by atoms with Gasteiger partial charge < -0.3 is 0 Å². The van der Waals surface area contributed by atoms with Gasteiger partial charge in [-0.15, -0.1) is 0 Å². The minimum absolute atomic E-state index is 0.0331. The predicted molar refractivity (Wildman–Crippen MR) is 78.2 cm³/mol. The molecule has 1 aromatic heterocycles. The molecule has 0 aliphatic carbocycles. The molecule has 0 fully saturated rings. The summed E-state index contributed by atoms with van der Waals surface area (Å²) in [5, 5.41) is 22.8. The molecule has 21 heavy (non-hydrogen) atoms. The average molecular weight is 320 g/mol. The van der Waals surface area contributed by atoms with Crippen LogP contribution in [0.15, 0.2) is 50.9 Å². The number of sulfone groups is 1. The molecule has 0 saturated heterocycles. The molecule has 0 amide bonds. The van der Waals surface area contributed by atoms with E-state index in [1.54, 1.807) is 11.4 Å². The summed E-state index contributed by atoms with van der Waals surface area (Å²) in [4.78, 5) is 9.68. The fourth-order valence-corrected chi connectivity index (χ4v) is 3.77. The molecule has 0 saturated carbocycles. The van der Waals surface area contributed by atoms with Crippen LogP contribution in [0.3, 0.4) is 0 Å². The highest BCUT2D eigenvalue weighted by molar-refractivity contribution is 7.95. The molecule has 0 atom stereocenters. The van der Waals surface area contributed by atoms with Crippen molar-refractivity contribution in [2.24, 2.45) is 0 Å². The molecule has 1 aromatic carbocycles. The molecule has 0 radical (unpaired) electrons. The van der Waals surface area contributed by atoms with Crippen LogP contribution < -0.4 is 0 Å². The van der Waals surface area contributed by atoms with Gasteiger partial charge in [0.05, 0.1) is 9.82 Å². The number of rotatable bonds is 4. The molecule has 6 nitrogen and oxygen atoms in total. The van der Waals surface area contributed by atoms with Gasteiger partial charge in [0.15, 0.2) is 0 Å². The SMILES string of the molecule is N#C/C(=C/c1cccc([N+](=O)[O-])c1)S(=O)(=O)c1ccsc1. The van der Waals surface area contributed by atoms with Gasteiger partial charge in [0.25, 0.3) is 5.69 Å². The molecule has 0 aliphatic heterocycles. The van der Waals surface area contributed by atoms with Crippen LogP contribution in [0.2, 0.25) is 0 Å². The summed E-state index contributed by atoms with van der Waals surface area (Å²) in [6.07, 6.45) is 1.12. The number of nitro benzene ring substituents is 1. The standard InChI is InChI=1S/C13H8N2O4S2/c14-8-13(21(18,19)12-4-5-20-9-12)7-10-2-1-3-11(6-10)15(16)17/h1-7,9H/b13-7-. The van der Waals surface area contributed by atoms with Gasteiger partial charge in [-0.1, -0.05) is 12.1 Å². The van der Waals surface area contributed by atoms with Crippen molar-refractivity contribution in [2.75, 3.05) is 0 Å². The van der Waals surface area contributed by atoms with Crippen LogP contribution in [0.4, 0.5) is 5.69 Å². The average Bonchev–Trinajstić information content (AvgIpc) is 2.99. The molecule has 0 aliphatic rings. The van der Waals surface area contributed by atoms with Gasteiger partial charge in [0, 0.05) is 17.5 Å². The molecule has 1 heterocycles. The Morgan fingerprint density at radius 3 is 2.71 bits per heavy atom. The number of nitriles is 1. The molecular formula is C13H8N2O4S2. The summed E-state index contributed by atoms with van der Waals surface area (Å²) < 4.78 is 24.5. The lowest BCUT2D eigenvalue weighted by Crippen LogP contribution is -2.02. The Morgan fingerprint density at radius 2 is 2.14 bits per heavy atom. The lowest BCUT2D eigenvalue weighted by molar-refractivity contribution is -0.384. The zero-order valence-electron chi connectivity index (χ0n) is 10.5. The number of nitrogens with zero attached hydrogens (tertiary/aromatic N) is 2. The van der Waals surface area contributed by atoms with E-state index in [4.69, 9.17) is 5.26 Å². The van der Waals surface area contributed by atoms with Crippen molar-refractivity contribution in [3.8, 4) is 6.07 Å². The minimum Gasteiger partial charge on any atom is -0.258 e. The maximum atomic E-state index is 12.2. The fraction of sp³-hybridized carbons (Fsp3) is 0. The summed E-state index contributed by atoms with van der Waals surface area (Å²) >= 11 is 1.20. The smallest absolute Gasteiger partial charge is 0.258 e. The molecule has 0 unspecified atom stereocenters. The topological polar surface area (TPSA) is 101 Å². The molecule has 2 rings (SSSR count). The van der Waals surface area contributed by atoms with Crippen molar-refractivity contribution in [3.63, 3.8) is 0 Å². The van der Waals surface area contributed by atoms with Gasteiger partial charge in [0.1, 0.15) is 11.0 Å². The molecule has 8 heteroatoms. The zero-order chi connectivity index (χ0) is 15.5. The van der Waals surface area contributed by atoms with Crippen molar-refractivity contribution in [1.82, 2.24) is 0 Å². The van der Waals surface area contributed by atoms with Crippen molar-refractivity contribution >= 4 is 32.9 Å². The van der Waals surface area contributed by atoms with E-state index in [9.17, 15) is 18.5 Å². The molecule has 0 spiro atoms. The van der Waals surface area contributed by atoms with Crippen LogP contribution in [0.1, 0.15) is 5.56 Å². The summed E-state index contributed by atoms with van der Waals surface area (Å²) in [5.41, 5.74) is 0.105. The molecule has 0 bridgehead atoms. The first-order valence-electron chi connectivity index (χ1n) is 5.58. The van der Waals surface area contributed by atoms with Gasteiger partial charge in [-0.2, -0.15) is 16.6 Å². The predicted octanol–water partition coefficient (Wildman–Crippen LogP) is 2.99. The second-order valence-corrected chi connectivity index (χ2v) is 6.63. The summed E-state index contributed by atoms with van der Waals surface area (Å²) in [5.74, 6) is 0. The van der Waals surface area contributed by atoms with Gasteiger partial charge in [0.2, 0.25) is 9.84 Å². The highest BCUT2D eigenvalue weighted by Gasteiger charge is 2.21. The number of non-ortho nitro benzene ring substituents is 1. The van der Waals surface area contributed by atoms with Crippen molar-refractivity contribution < 1.29 is 13.3 Å². The molecule has 106 valence electrons. The van der Waals surface area contributed by atoms with Crippen LogP contribution in [-0.4, -0.2) is 13.3 Å². The van der Waals surface area contributed by atoms with Gasteiger partial charge in [-0.05, 0) is 23.1 Å². The third kappa shape index (κ3) is 3.16. The second kappa shape index (κ2) is 5.87. The summed E-state index contributed by atoms with van der Waals surface area (Å²) in [6, 6.07) is 8.45. The maximum Gasteiger partial charge on any atom is 0.270 e. The van der Waals surface area contributed by atoms with Crippen LogP contribution in [0.25, 0.3) is 6.08 Å². The highest BCUT2D eigenvalue weighted by Crippen LogP contribution is 2.24. The maximum absolute atomic E-state index is 12.2. The lowest BCUT2D eigenvalue weighted by Gasteiger charge is -2.00. The van der Waals surface area contributed by atoms with E-state index in [0.717, 1.165) is 6.08 Å². The van der Waals surface area contributed by atoms with Gasteiger partial charge in [-0.25, -0.2) is 8.42 Å². The Morgan fingerprint density at radius 1 is 1.38 bits per heavy atom. The van der Waals surface area contributed by atoms with Crippen LogP contribution in [0, 0.1) is 21.4 Å². The Balaban J connectivity index is 2.50. The van der Waals surface area contributed by atoms with E-state index in [0.29, 0.717) is 0 Å². The van der Waals surface area contributed by atoms with E-state index in [-0.39, 0.29) is 16.1 Å². The van der Waals surface area contributed by atoms with Crippen LogP contribution >= 0.6 is 11.3 Å². The Bertz CT molecular complexity index is 847. The largest absolute Gasteiger partial charge is 0.270 e. The van der Waals surface area contributed by atoms with Crippen LogP contribution in [-0.2, 0) is 9.84 Å². The Labute approximate surface area is 124 Å². The monoisotopic (exact) mass is 320 g/mol. The number of hydrogen-bond acceptors (Lipinski definition) is 6. The van der Waals surface area contributed by atoms with E-state index in [1.807, 2.05) is 0 Å². The lowest BCUT2D eigenvalue weighted by atomic mass is 10.2. The third-order valence-electron chi connectivity index (χ3n) is 2.58. The fourth-order valence-electron chi connectivity index (χ4n) is 1.58. The van der Waals surface area contributed by atoms with E-state index in [1.165, 1.54) is 47.0 Å². The first-order chi connectivity index (χ1) is 9.95. The zero-order valence-corrected chi connectivity index (χ0v) is 12.1. The number of thiophene rings is 1. The summed E-state index contributed by atoms with van der Waals surface area (Å²) in [7, 11) is -3.90. The van der Waals surface area contributed by atoms with E-state index < -0.39 is 19.7 Å². The number of nitro groups is 1. The van der Waals surface area contributed by atoms with Crippen molar-refractivity contribution in [2.45, 2.75) is 4.90 Å². The number of allylic oxidation sites excluding steroid dienone is 1.